The van der Waals surface area contributed by atoms with Crippen LogP contribution in [0.15, 0.2) is 77.7 Å². The first-order valence-electron chi connectivity index (χ1n) is 7.84. The lowest BCUT2D eigenvalue weighted by atomic mass is 10.2. The minimum Gasteiger partial charge on any atom is -0.506 e. The van der Waals surface area contributed by atoms with Crippen molar-refractivity contribution in [1.82, 2.24) is 0 Å². The van der Waals surface area contributed by atoms with Crippen LogP contribution in [0.2, 0.25) is 5.02 Å². The summed E-state index contributed by atoms with van der Waals surface area (Å²) in [5.41, 5.74) is 1.88. The number of hydrogen-bond acceptors (Lipinski definition) is 4. The second-order valence-corrected chi connectivity index (χ2v) is 7.69. The van der Waals surface area contributed by atoms with E-state index in [9.17, 15) is 13.5 Å². The molecule has 3 aromatic carbocycles. The maximum absolute atomic E-state index is 12.4. The summed E-state index contributed by atoms with van der Waals surface area (Å²) in [4.78, 5) is 0.164. The third-order valence-electron chi connectivity index (χ3n) is 3.74. The van der Waals surface area contributed by atoms with Gasteiger partial charge in [-0.05, 0) is 42.5 Å². The lowest BCUT2D eigenvalue weighted by molar-refractivity contribution is 0.469. The summed E-state index contributed by atoms with van der Waals surface area (Å²) in [5, 5.41) is 13.3. The standard InChI is InChI=1S/C19H17ClN2O3S/c20-18-8-4-5-14(19(18)23)13-21-15-9-11-17(12-10-15)26(24,25)22-16-6-2-1-3-7-16/h1-12,21-23H,13H2. The molecule has 26 heavy (non-hydrogen) atoms. The summed E-state index contributed by atoms with van der Waals surface area (Å²) in [6.07, 6.45) is 0. The molecule has 7 heteroatoms. The van der Waals surface area contributed by atoms with Crippen LogP contribution >= 0.6 is 11.6 Å². The Bertz CT molecular complexity index is 991. The highest BCUT2D eigenvalue weighted by Crippen LogP contribution is 2.27. The second-order valence-electron chi connectivity index (χ2n) is 5.60. The van der Waals surface area contributed by atoms with E-state index in [0.29, 0.717) is 17.8 Å². The lowest BCUT2D eigenvalue weighted by Crippen LogP contribution is -2.12. The average Bonchev–Trinajstić information content (AvgIpc) is 2.64. The summed E-state index contributed by atoms with van der Waals surface area (Å²) in [7, 11) is -3.64. The quantitative estimate of drug-likeness (QED) is 0.582. The van der Waals surface area contributed by atoms with Gasteiger partial charge in [-0.15, -0.1) is 0 Å². The molecule has 0 unspecified atom stereocenters. The molecular weight excluding hydrogens is 372 g/mol. The van der Waals surface area contributed by atoms with Gasteiger partial charge in [-0.2, -0.15) is 0 Å². The molecule has 0 spiro atoms. The zero-order valence-corrected chi connectivity index (χ0v) is 15.3. The van der Waals surface area contributed by atoms with Crippen molar-refractivity contribution in [3.8, 4) is 5.75 Å². The summed E-state index contributed by atoms with van der Waals surface area (Å²) in [6.45, 7) is 0.362. The molecular formula is C19H17ClN2O3S. The number of phenols is 1. The smallest absolute Gasteiger partial charge is 0.261 e. The second kappa shape index (κ2) is 7.68. The minimum atomic E-state index is -3.64. The van der Waals surface area contributed by atoms with E-state index in [-0.39, 0.29) is 15.7 Å². The fraction of sp³-hybridized carbons (Fsp3) is 0.0526. The first-order valence-corrected chi connectivity index (χ1v) is 9.70. The van der Waals surface area contributed by atoms with Crippen LogP contribution in [0, 0.1) is 0 Å². The fourth-order valence-corrected chi connectivity index (χ4v) is 3.62. The van der Waals surface area contributed by atoms with E-state index in [4.69, 9.17) is 11.6 Å². The van der Waals surface area contributed by atoms with E-state index in [1.807, 2.05) is 6.07 Å². The highest BCUT2D eigenvalue weighted by atomic mass is 35.5. The van der Waals surface area contributed by atoms with Crippen molar-refractivity contribution in [2.75, 3.05) is 10.0 Å². The molecule has 0 fully saturated rings. The summed E-state index contributed by atoms with van der Waals surface area (Å²) < 4.78 is 27.3. The van der Waals surface area contributed by atoms with Gasteiger partial charge in [0.15, 0.2) is 0 Å². The van der Waals surface area contributed by atoms with Crippen molar-refractivity contribution in [1.29, 1.82) is 0 Å². The number of nitrogens with one attached hydrogen (secondary N) is 2. The van der Waals surface area contributed by atoms with Crippen LogP contribution in [0.25, 0.3) is 0 Å². The molecule has 5 nitrogen and oxygen atoms in total. The number of sulfonamides is 1. The van der Waals surface area contributed by atoms with Crippen LogP contribution in [0.4, 0.5) is 11.4 Å². The van der Waals surface area contributed by atoms with Crippen molar-refractivity contribution in [3.05, 3.63) is 83.4 Å². The predicted molar refractivity (Wildman–Crippen MR) is 104 cm³/mol. The number of anilines is 2. The Kier molecular flexibility index (Phi) is 5.35. The Morgan fingerprint density at radius 3 is 2.23 bits per heavy atom. The van der Waals surface area contributed by atoms with E-state index in [2.05, 4.69) is 10.0 Å². The van der Waals surface area contributed by atoms with Crippen LogP contribution < -0.4 is 10.0 Å². The normalized spacial score (nSPS) is 11.1. The Labute approximate surface area is 157 Å². The van der Waals surface area contributed by atoms with Crippen molar-refractivity contribution < 1.29 is 13.5 Å². The topological polar surface area (TPSA) is 78.4 Å². The van der Waals surface area contributed by atoms with E-state index in [0.717, 1.165) is 5.69 Å². The van der Waals surface area contributed by atoms with Crippen molar-refractivity contribution in [3.63, 3.8) is 0 Å². The minimum absolute atomic E-state index is 0.0351. The summed E-state index contributed by atoms with van der Waals surface area (Å²) >= 11 is 5.88. The molecule has 3 aromatic rings. The Morgan fingerprint density at radius 2 is 1.54 bits per heavy atom. The van der Waals surface area contributed by atoms with Gasteiger partial charge in [0.25, 0.3) is 10.0 Å². The van der Waals surface area contributed by atoms with Crippen LogP contribution in [0.1, 0.15) is 5.56 Å². The average molecular weight is 389 g/mol. The number of phenolic OH excluding ortho intramolecular Hbond substituents is 1. The molecule has 0 atom stereocenters. The fourth-order valence-electron chi connectivity index (χ4n) is 2.37. The van der Waals surface area contributed by atoms with Crippen molar-refractivity contribution in [2.45, 2.75) is 11.4 Å². The molecule has 0 amide bonds. The number of benzene rings is 3. The highest BCUT2D eigenvalue weighted by molar-refractivity contribution is 7.92. The molecule has 0 saturated heterocycles. The third kappa shape index (κ3) is 4.28. The highest BCUT2D eigenvalue weighted by Gasteiger charge is 2.14. The van der Waals surface area contributed by atoms with Gasteiger partial charge in [0.05, 0.1) is 9.92 Å². The number of hydrogen-bond donors (Lipinski definition) is 3. The van der Waals surface area contributed by atoms with E-state index >= 15 is 0 Å². The zero-order chi connectivity index (χ0) is 18.6. The van der Waals surface area contributed by atoms with E-state index in [1.165, 1.54) is 12.1 Å². The van der Waals surface area contributed by atoms with Crippen LogP contribution in [0.3, 0.4) is 0 Å². The van der Waals surface area contributed by atoms with Gasteiger partial charge < -0.3 is 10.4 Å². The first kappa shape index (κ1) is 18.1. The van der Waals surface area contributed by atoms with Crippen molar-refractivity contribution in [2.24, 2.45) is 0 Å². The van der Waals surface area contributed by atoms with Gasteiger partial charge in [0.2, 0.25) is 0 Å². The van der Waals surface area contributed by atoms with E-state index in [1.54, 1.807) is 54.6 Å². The molecule has 3 rings (SSSR count). The molecule has 0 bridgehead atoms. The Hall–Kier alpha value is -2.70. The molecule has 0 radical (unpaired) electrons. The summed E-state index contributed by atoms with van der Waals surface area (Å²) in [5.74, 6) is 0.0351. The largest absolute Gasteiger partial charge is 0.506 e. The van der Waals surface area contributed by atoms with Gasteiger partial charge in [-0.25, -0.2) is 8.42 Å². The lowest BCUT2D eigenvalue weighted by Gasteiger charge is -2.11. The predicted octanol–water partition coefficient (Wildman–Crippen LogP) is 4.46. The molecule has 0 saturated carbocycles. The van der Waals surface area contributed by atoms with Crippen LogP contribution in [-0.4, -0.2) is 13.5 Å². The molecule has 0 aliphatic rings. The Morgan fingerprint density at radius 1 is 0.846 bits per heavy atom. The molecule has 3 N–H and O–H groups in total. The van der Waals surface area contributed by atoms with Gasteiger partial charge in [-0.3, -0.25) is 4.72 Å². The van der Waals surface area contributed by atoms with Gasteiger partial charge >= 0.3 is 0 Å². The first-order chi connectivity index (χ1) is 12.5. The monoisotopic (exact) mass is 388 g/mol. The van der Waals surface area contributed by atoms with Crippen molar-refractivity contribution >= 4 is 33.0 Å². The number of rotatable bonds is 6. The maximum atomic E-state index is 12.4. The van der Waals surface area contributed by atoms with Crippen LogP contribution in [-0.2, 0) is 16.6 Å². The number of halogens is 1. The van der Waals surface area contributed by atoms with Gasteiger partial charge in [0.1, 0.15) is 5.75 Å². The summed E-state index contributed by atoms with van der Waals surface area (Å²) in [6, 6.07) is 20.2. The maximum Gasteiger partial charge on any atom is 0.261 e. The molecule has 0 aliphatic carbocycles. The zero-order valence-electron chi connectivity index (χ0n) is 13.7. The Balaban J connectivity index is 1.69. The molecule has 134 valence electrons. The molecule has 0 aromatic heterocycles. The number of para-hydroxylation sites is 2. The molecule has 0 heterocycles. The van der Waals surface area contributed by atoms with Gasteiger partial charge in [-0.1, -0.05) is 41.9 Å². The van der Waals surface area contributed by atoms with E-state index < -0.39 is 10.0 Å². The van der Waals surface area contributed by atoms with Gasteiger partial charge in [0, 0.05) is 23.5 Å². The third-order valence-corrected chi connectivity index (χ3v) is 5.45. The van der Waals surface area contributed by atoms with Crippen LogP contribution in [0.5, 0.6) is 5.75 Å². The molecule has 0 aliphatic heterocycles. The number of aromatic hydroxyl groups is 1. The SMILES string of the molecule is O=S(=O)(Nc1ccccc1)c1ccc(NCc2cccc(Cl)c2O)cc1.